The van der Waals surface area contributed by atoms with Crippen molar-refractivity contribution in [3.63, 3.8) is 0 Å². The molecule has 2 unspecified atom stereocenters. The number of aromatic hydroxyl groups is 1. The van der Waals surface area contributed by atoms with Gasteiger partial charge in [0.2, 0.25) is 0 Å². The van der Waals surface area contributed by atoms with E-state index < -0.39 is 0 Å². The van der Waals surface area contributed by atoms with Gasteiger partial charge in [-0.25, -0.2) is 0 Å². The third-order valence-corrected chi connectivity index (χ3v) is 5.57. The molecule has 27 heavy (non-hydrogen) atoms. The molecule has 2 saturated heterocycles. The number of H-pyrrole nitrogens is 1. The molecule has 2 aliphatic heterocycles. The van der Waals surface area contributed by atoms with Gasteiger partial charge in [-0.05, 0) is 49.1 Å². The lowest BCUT2D eigenvalue weighted by Gasteiger charge is -2.45. The summed E-state index contributed by atoms with van der Waals surface area (Å²) in [6, 6.07) is 9.77. The van der Waals surface area contributed by atoms with Crippen molar-refractivity contribution in [3.8, 4) is 28.1 Å². The molecule has 2 atom stereocenters. The number of rotatable bonds is 4. The van der Waals surface area contributed by atoms with Gasteiger partial charge in [-0.15, -0.1) is 10.2 Å². The number of benzene rings is 1. The van der Waals surface area contributed by atoms with Crippen LogP contribution in [0.5, 0.6) is 5.75 Å². The lowest BCUT2D eigenvalue weighted by Crippen LogP contribution is -2.58. The molecule has 7 nitrogen and oxygen atoms in total. The van der Waals surface area contributed by atoms with Crippen LogP contribution in [0.25, 0.3) is 22.4 Å². The van der Waals surface area contributed by atoms with E-state index in [0.717, 1.165) is 24.0 Å². The minimum atomic E-state index is 0.0396. The van der Waals surface area contributed by atoms with E-state index in [1.165, 1.54) is 6.42 Å². The Morgan fingerprint density at radius 1 is 1.04 bits per heavy atom. The predicted octanol–water partition coefficient (Wildman–Crippen LogP) is 2.56. The quantitative estimate of drug-likeness (QED) is 0.617. The highest BCUT2D eigenvalue weighted by Crippen LogP contribution is 2.35. The number of hydrogen-bond donors (Lipinski definition) is 3. The average molecular weight is 361 g/mol. The Bertz CT molecular complexity index is 968. The molecule has 7 heteroatoms. The first-order chi connectivity index (χ1) is 13.2. The number of phenolic OH excluding ortho intramolecular Hbond substituents is 1. The van der Waals surface area contributed by atoms with E-state index in [1.54, 1.807) is 36.7 Å². The minimum absolute atomic E-state index is 0.0396. The number of hydrogen-bond acceptors (Lipinski definition) is 6. The summed E-state index contributed by atoms with van der Waals surface area (Å²) in [5, 5.41) is 28.8. The van der Waals surface area contributed by atoms with Crippen LogP contribution >= 0.6 is 0 Å². The number of phenols is 1. The Morgan fingerprint density at radius 2 is 1.85 bits per heavy atom. The van der Waals surface area contributed by atoms with E-state index in [0.29, 0.717) is 29.0 Å². The topological polar surface area (TPSA) is 104 Å². The van der Waals surface area contributed by atoms with E-state index in [1.807, 2.05) is 6.07 Å². The van der Waals surface area contributed by atoms with Crippen molar-refractivity contribution in [1.82, 2.24) is 25.7 Å². The minimum Gasteiger partial charge on any atom is -0.507 e. The Kier molecular flexibility index (Phi) is 3.75. The predicted molar refractivity (Wildman–Crippen MR) is 99.1 cm³/mol. The van der Waals surface area contributed by atoms with Crippen molar-refractivity contribution < 1.29 is 9.90 Å². The van der Waals surface area contributed by atoms with E-state index in [9.17, 15) is 9.90 Å². The van der Waals surface area contributed by atoms with Crippen molar-refractivity contribution >= 4 is 5.78 Å². The molecule has 4 heterocycles. The molecular weight excluding hydrogens is 342 g/mol. The monoisotopic (exact) mass is 361 g/mol. The van der Waals surface area contributed by atoms with Crippen molar-refractivity contribution in [1.29, 1.82) is 0 Å². The van der Waals surface area contributed by atoms with Gasteiger partial charge in [0.1, 0.15) is 11.4 Å². The van der Waals surface area contributed by atoms with Crippen molar-refractivity contribution in [2.75, 3.05) is 0 Å². The summed E-state index contributed by atoms with van der Waals surface area (Å²) >= 11 is 0. The number of ketones is 1. The Labute approximate surface area is 155 Å². The molecule has 0 radical (unpaired) electrons. The molecule has 2 bridgehead atoms. The zero-order valence-electron chi connectivity index (χ0n) is 14.6. The molecule has 3 fully saturated rings. The summed E-state index contributed by atoms with van der Waals surface area (Å²) in [7, 11) is 0. The number of nitrogens with one attached hydrogen (secondary N) is 2. The molecule has 2 aromatic heterocycles. The van der Waals surface area contributed by atoms with Crippen LogP contribution in [-0.2, 0) is 0 Å². The fourth-order valence-corrected chi connectivity index (χ4v) is 4.13. The maximum Gasteiger partial charge on any atom is 0.186 e. The Hall–Kier alpha value is -3.06. The zero-order valence-corrected chi connectivity index (χ0v) is 14.6. The molecule has 1 aromatic carbocycles. The molecule has 3 aliphatic rings. The lowest BCUT2D eigenvalue weighted by atomic mass is 9.74. The maximum atomic E-state index is 12.7. The molecule has 6 rings (SSSR count). The summed E-state index contributed by atoms with van der Waals surface area (Å²) in [6.45, 7) is 0. The second-order valence-electron chi connectivity index (χ2n) is 7.35. The summed E-state index contributed by atoms with van der Waals surface area (Å²) in [6.07, 6.45) is 6.41. The number of Topliss-reactive ketones (excluding diaryl/α,β-unsaturated/α-hetero) is 1. The van der Waals surface area contributed by atoms with Crippen molar-refractivity contribution in [2.45, 2.75) is 31.3 Å². The molecule has 1 aliphatic carbocycles. The van der Waals surface area contributed by atoms with Gasteiger partial charge in [-0.3, -0.25) is 9.89 Å². The molecule has 1 saturated carbocycles. The van der Waals surface area contributed by atoms with Crippen LogP contribution in [0.2, 0.25) is 0 Å². The van der Waals surface area contributed by atoms with Gasteiger partial charge in [0.15, 0.2) is 5.78 Å². The first-order valence-electron chi connectivity index (χ1n) is 9.14. The van der Waals surface area contributed by atoms with E-state index in [4.69, 9.17) is 0 Å². The average Bonchev–Trinajstić information content (AvgIpc) is 3.22. The standard InChI is InChI=1S/C20H19N5O2/c26-19-7-11(13-9-21-22-10-13)1-2-16(19)17-3-4-18(25-24-17)20(27)12-5-14-8-15(6-12)23-14/h1-4,7,9-10,12,14-15,23,26H,5-6,8H2,(H,21,22). The van der Waals surface area contributed by atoms with Gasteiger partial charge in [-0.2, -0.15) is 5.10 Å². The van der Waals surface area contributed by atoms with Crippen molar-refractivity contribution in [3.05, 3.63) is 48.4 Å². The highest BCUT2D eigenvalue weighted by atomic mass is 16.3. The zero-order chi connectivity index (χ0) is 18.4. The Morgan fingerprint density at radius 3 is 2.48 bits per heavy atom. The van der Waals surface area contributed by atoms with Gasteiger partial charge in [0, 0.05) is 35.3 Å². The highest BCUT2D eigenvalue weighted by molar-refractivity contribution is 5.96. The number of fused-ring (bicyclic) bond motifs is 2. The number of aromatic amines is 1. The van der Waals surface area contributed by atoms with E-state index in [-0.39, 0.29) is 17.5 Å². The van der Waals surface area contributed by atoms with Crippen LogP contribution in [0.4, 0.5) is 0 Å². The largest absolute Gasteiger partial charge is 0.507 e. The van der Waals surface area contributed by atoms with Gasteiger partial charge in [0.25, 0.3) is 0 Å². The molecule has 0 amide bonds. The first kappa shape index (κ1) is 16.1. The fraction of sp³-hybridized carbons (Fsp3) is 0.300. The lowest BCUT2D eigenvalue weighted by molar-refractivity contribution is 0.0731. The van der Waals surface area contributed by atoms with Crippen LogP contribution in [0.1, 0.15) is 29.8 Å². The maximum absolute atomic E-state index is 12.7. The molecule has 136 valence electrons. The van der Waals surface area contributed by atoms with Gasteiger partial charge < -0.3 is 10.4 Å². The highest BCUT2D eigenvalue weighted by Gasteiger charge is 2.40. The number of piperidine rings is 1. The van der Waals surface area contributed by atoms with Crippen LogP contribution in [0, 0.1) is 5.92 Å². The third kappa shape index (κ3) is 2.90. The van der Waals surface area contributed by atoms with Crippen LogP contribution in [0.15, 0.2) is 42.7 Å². The van der Waals surface area contributed by atoms with Crippen LogP contribution in [0.3, 0.4) is 0 Å². The number of aromatic nitrogens is 4. The molecule has 3 aromatic rings. The van der Waals surface area contributed by atoms with Gasteiger partial charge in [0.05, 0.1) is 11.9 Å². The van der Waals surface area contributed by atoms with Crippen LogP contribution in [-0.4, -0.2) is 43.4 Å². The second kappa shape index (κ2) is 6.28. The number of nitrogens with zero attached hydrogens (tertiary/aromatic N) is 3. The van der Waals surface area contributed by atoms with Crippen molar-refractivity contribution in [2.24, 2.45) is 5.92 Å². The number of carbonyl (C=O) groups is 1. The third-order valence-electron chi connectivity index (χ3n) is 5.57. The second-order valence-corrected chi connectivity index (χ2v) is 7.35. The van der Waals surface area contributed by atoms with Crippen LogP contribution < -0.4 is 5.32 Å². The first-order valence-corrected chi connectivity index (χ1v) is 9.14. The summed E-state index contributed by atoms with van der Waals surface area (Å²) < 4.78 is 0. The molecule has 0 spiro atoms. The summed E-state index contributed by atoms with van der Waals surface area (Å²) in [4.78, 5) is 12.7. The van der Waals surface area contributed by atoms with E-state index in [2.05, 4.69) is 25.7 Å². The van der Waals surface area contributed by atoms with Gasteiger partial charge in [-0.1, -0.05) is 6.07 Å². The number of carbonyl (C=O) groups excluding carboxylic acids is 1. The fourth-order valence-electron chi connectivity index (χ4n) is 4.13. The summed E-state index contributed by atoms with van der Waals surface area (Å²) in [5.74, 6) is 0.225. The summed E-state index contributed by atoms with van der Waals surface area (Å²) in [5.41, 5.74) is 3.27. The SMILES string of the molecule is O=C(c1ccc(-c2ccc(-c3cn[nH]c3)cc2O)nn1)C1CC2CC(C1)N2. The van der Waals surface area contributed by atoms with E-state index >= 15 is 0 Å². The van der Waals surface area contributed by atoms with Gasteiger partial charge >= 0.3 is 0 Å². The smallest absolute Gasteiger partial charge is 0.186 e. The molecule has 3 N–H and O–H groups in total. The Balaban J connectivity index is 1.36. The molecular formula is C20H19N5O2. The normalized spacial score (nSPS) is 23.6.